The number of Topliss-reactive ketones (excluding diaryl/α,β-unsaturated/α-hetero) is 1. The lowest BCUT2D eigenvalue weighted by Crippen LogP contribution is -2.20. The molecule has 6 heteroatoms. The van der Waals surface area contributed by atoms with E-state index in [1.807, 2.05) is 0 Å². The summed E-state index contributed by atoms with van der Waals surface area (Å²) in [6.07, 6.45) is -0.154. The number of carbonyl (C=O) groups excluding carboxylic acids is 1. The first kappa shape index (κ1) is 16.5. The topological polar surface area (TPSA) is 54.4 Å². The van der Waals surface area contributed by atoms with E-state index in [4.69, 9.17) is 11.6 Å². The molecule has 0 spiro atoms. The molecular formula is C16H12ClFO3S. The van der Waals surface area contributed by atoms with Gasteiger partial charge in [0.1, 0.15) is 11.1 Å². The summed E-state index contributed by atoms with van der Waals surface area (Å²) in [5, 5.41) is 8.83. The van der Waals surface area contributed by atoms with Gasteiger partial charge < -0.3 is 5.11 Å². The van der Waals surface area contributed by atoms with Crippen LogP contribution in [0.1, 0.15) is 16.8 Å². The van der Waals surface area contributed by atoms with Crippen LogP contribution in [0.3, 0.4) is 0 Å². The molecule has 1 atom stereocenters. The molecule has 3 nitrogen and oxygen atoms in total. The second-order valence-corrected chi connectivity index (χ2v) is 6.25. The van der Waals surface area contributed by atoms with Gasteiger partial charge in [-0.15, -0.1) is 11.8 Å². The van der Waals surface area contributed by atoms with E-state index in [1.54, 1.807) is 24.3 Å². The molecule has 0 aliphatic rings. The molecule has 0 radical (unpaired) electrons. The van der Waals surface area contributed by atoms with Crippen molar-refractivity contribution in [2.24, 2.45) is 0 Å². The normalized spacial score (nSPS) is 11.9. The molecule has 22 heavy (non-hydrogen) atoms. The summed E-state index contributed by atoms with van der Waals surface area (Å²) in [6, 6.07) is 11.8. The molecule has 0 amide bonds. The highest BCUT2D eigenvalue weighted by atomic mass is 35.5. The predicted octanol–water partition coefficient (Wildman–Crippen LogP) is 4.30. The van der Waals surface area contributed by atoms with Crippen LogP contribution in [-0.4, -0.2) is 22.1 Å². The van der Waals surface area contributed by atoms with Crippen LogP contribution in [0.4, 0.5) is 4.39 Å². The van der Waals surface area contributed by atoms with Crippen LogP contribution >= 0.6 is 23.4 Å². The number of aliphatic carboxylic acids is 1. The number of benzene rings is 2. The molecule has 0 aliphatic carbocycles. The molecule has 2 rings (SSSR count). The Bertz CT molecular complexity index is 671. The molecule has 0 saturated heterocycles. The van der Waals surface area contributed by atoms with Gasteiger partial charge >= 0.3 is 5.97 Å². The maximum atomic E-state index is 12.9. The first-order valence-corrected chi connectivity index (χ1v) is 7.65. The highest BCUT2D eigenvalue weighted by molar-refractivity contribution is 8.00. The maximum Gasteiger partial charge on any atom is 0.317 e. The Hall–Kier alpha value is -1.85. The average Bonchev–Trinajstić information content (AvgIpc) is 2.49. The van der Waals surface area contributed by atoms with E-state index in [1.165, 1.54) is 24.3 Å². The molecule has 0 heterocycles. The zero-order valence-corrected chi connectivity index (χ0v) is 12.9. The molecule has 1 unspecified atom stereocenters. The monoisotopic (exact) mass is 338 g/mol. The molecule has 0 aliphatic heterocycles. The molecule has 0 saturated carbocycles. The van der Waals surface area contributed by atoms with E-state index in [0.29, 0.717) is 15.5 Å². The van der Waals surface area contributed by atoms with Gasteiger partial charge in [0.25, 0.3) is 0 Å². The number of hydrogen-bond acceptors (Lipinski definition) is 3. The first-order valence-electron chi connectivity index (χ1n) is 6.39. The largest absolute Gasteiger partial charge is 0.480 e. The van der Waals surface area contributed by atoms with Crippen molar-refractivity contribution >= 4 is 35.1 Å². The third-order valence-corrected chi connectivity index (χ3v) is 4.35. The number of carbonyl (C=O) groups is 2. The Morgan fingerprint density at radius 3 is 2.23 bits per heavy atom. The van der Waals surface area contributed by atoms with Gasteiger partial charge in [-0.05, 0) is 48.5 Å². The standard InChI is InChI=1S/C16H12ClFO3S/c17-11-3-1-10(2-4-11)14(19)9-15(16(20)21)22-13-7-5-12(18)6-8-13/h1-8,15H,9H2,(H,20,21). The van der Waals surface area contributed by atoms with Crippen molar-refractivity contribution in [2.75, 3.05) is 0 Å². The Morgan fingerprint density at radius 1 is 1.09 bits per heavy atom. The lowest BCUT2D eigenvalue weighted by molar-refractivity contribution is -0.136. The highest BCUT2D eigenvalue weighted by Crippen LogP contribution is 2.27. The van der Waals surface area contributed by atoms with Crippen molar-refractivity contribution in [1.29, 1.82) is 0 Å². The Kier molecular flexibility index (Phi) is 5.57. The van der Waals surface area contributed by atoms with Crippen molar-refractivity contribution in [3.05, 3.63) is 64.9 Å². The van der Waals surface area contributed by atoms with Gasteiger partial charge in [0.2, 0.25) is 0 Å². The number of rotatable bonds is 6. The van der Waals surface area contributed by atoms with Crippen LogP contribution in [-0.2, 0) is 4.79 Å². The van der Waals surface area contributed by atoms with Gasteiger partial charge in [-0.1, -0.05) is 11.6 Å². The summed E-state index contributed by atoms with van der Waals surface area (Å²) in [6.45, 7) is 0. The van der Waals surface area contributed by atoms with Crippen LogP contribution in [0.25, 0.3) is 0 Å². The minimum absolute atomic E-state index is 0.154. The van der Waals surface area contributed by atoms with Crippen LogP contribution < -0.4 is 0 Å². The number of thioether (sulfide) groups is 1. The molecule has 2 aromatic rings. The fourth-order valence-corrected chi connectivity index (χ4v) is 2.86. The van der Waals surface area contributed by atoms with Crippen LogP contribution in [0, 0.1) is 5.82 Å². The molecular weight excluding hydrogens is 327 g/mol. The van der Waals surface area contributed by atoms with Crippen LogP contribution in [0.2, 0.25) is 5.02 Å². The highest BCUT2D eigenvalue weighted by Gasteiger charge is 2.23. The van der Waals surface area contributed by atoms with Crippen molar-refractivity contribution in [2.45, 2.75) is 16.6 Å². The van der Waals surface area contributed by atoms with E-state index < -0.39 is 17.0 Å². The zero-order valence-electron chi connectivity index (χ0n) is 11.3. The molecule has 0 aromatic heterocycles. The Morgan fingerprint density at radius 2 is 1.68 bits per heavy atom. The minimum atomic E-state index is -1.09. The Labute approximate surface area is 136 Å². The second-order valence-electron chi connectivity index (χ2n) is 4.53. The van der Waals surface area contributed by atoms with Gasteiger partial charge in [0.05, 0.1) is 0 Å². The quantitative estimate of drug-likeness (QED) is 0.630. The van der Waals surface area contributed by atoms with Crippen molar-refractivity contribution in [3.8, 4) is 0 Å². The number of hydrogen-bond donors (Lipinski definition) is 1. The van der Waals surface area contributed by atoms with Crippen molar-refractivity contribution in [3.63, 3.8) is 0 Å². The smallest absolute Gasteiger partial charge is 0.317 e. The molecule has 2 aromatic carbocycles. The summed E-state index contributed by atoms with van der Waals surface area (Å²) in [5.74, 6) is -1.76. The zero-order chi connectivity index (χ0) is 16.1. The van der Waals surface area contributed by atoms with E-state index in [-0.39, 0.29) is 12.2 Å². The summed E-state index contributed by atoms with van der Waals surface area (Å²) in [5.41, 5.74) is 0.412. The average molecular weight is 339 g/mol. The van der Waals surface area contributed by atoms with E-state index in [2.05, 4.69) is 0 Å². The number of ketones is 1. The van der Waals surface area contributed by atoms with Gasteiger partial charge in [-0.2, -0.15) is 0 Å². The lowest BCUT2D eigenvalue weighted by atomic mass is 10.1. The van der Waals surface area contributed by atoms with E-state index in [0.717, 1.165) is 11.8 Å². The number of halogens is 2. The summed E-state index contributed by atoms with van der Waals surface area (Å²) >= 11 is 6.77. The van der Waals surface area contributed by atoms with Crippen LogP contribution in [0.5, 0.6) is 0 Å². The maximum absolute atomic E-state index is 12.9. The van der Waals surface area contributed by atoms with Crippen LogP contribution in [0.15, 0.2) is 53.4 Å². The predicted molar refractivity (Wildman–Crippen MR) is 84.1 cm³/mol. The SMILES string of the molecule is O=C(CC(Sc1ccc(F)cc1)C(=O)O)c1ccc(Cl)cc1. The Balaban J connectivity index is 2.08. The second kappa shape index (κ2) is 7.42. The van der Waals surface area contributed by atoms with E-state index in [9.17, 15) is 19.1 Å². The molecule has 1 N–H and O–H groups in total. The number of carboxylic acids is 1. The lowest BCUT2D eigenvalue weighted by Gasteiger charge is -2.11. The van der Waals surface area contributed by atoms with Crippen molar-refractivity contribution < 1.29 is 19.1 Å². The fraction of sp³-hybridized carbons (Fsp3) is 0.125. The fourth-order valence-electron chi connectivity index (χ4n) is 1.78. The molecule has 0 fully saturated rings. The summed E-state index contributed by atoms with van der Waals surface area (Å²) in [4.78, 5) is 24.1. The van der Waals surface area contributed by atoms with Gasteiger partial charge in [-0.3, -0.25) is 9.59 Å². The minimum Gasteiger partial charge on any atom is -0.480 e. The van der Waals surface area contributed by atoms with Gasteiger partial charge in [0.15, 0.2) is 5.78 Å². The molecule has 114 valence electrons. The van der Waals surface area contributed by atoms with E-state index >= 15 is 0 Å². The van der Waals surface area contributed by atoms with Gasteiger partial charge in [-0.25, -0.2) is 4.39 Å². The summed E-state index contributed by atoms with van der Waals surface area (Å²) in [7, 11) is 0. The first-order chi connectivity index (χ1) is 10.5. The third kappa shape index (κ3) is 4.58. The van der Waals surface area contributed by atoms with Crippen molar-refractivity contribution in [1.82, 2.24) is 0 Å². The molecule has 0 bridgehead atoms. The van der Waals surface area contributed by atoms with Gasteiger partial charge in [0, 0.05) is 21.9 Å². The summed E-state index contributed by atoms with van der Waals surface area (Å²) < 4.78 is 12.9. The number of carboxylic acid groups (broad SMARTS) is 1. The third-order valence-electron chi connectivity index (χ3n) is 2.90.